The molecule has 2 aliphatic rings. The number of ether oxygens (including phenoxy) is 2. The van der Waals surface area contributed by atoms with E-state index in [1.807, 2.05) is 31.2 Å². The molecule has 0 atom stereocenters. The van der Waals surface area contributed by atoms with Crippen LogP contribution >= 0.6 is 24.0 Å². The molecule has 10 heteroatoms. The molecule has 1 saturated carbocycles. The average Bonchev–Trinajstić information content (AvgIpc) is 3.58. The lowest BCUT2D eigenvalue weighted by molar-refractivity contribution is -0.123. The molecule has 1 aliphatic carbocycles. The van der Waals surface area contributed by atoms with Crippen molar-refractivity contribution in [3.05, 3.63) is 29.8 Å². The molecule has 1 heterocycles. The molecular weight excluding hydrogens is 525 g/mol. The Morgan fingerprint density at radius 1 is 1.09 bits per heavy atom. The smallest absolute Gasteiger partial charge is 0.409 e. The number of carbonyl (C=O) groups excluding carboxylic acids is 2. The van der Waals surface area contributed by atoms with Crippen LogP contribution < -0.4 is 21.1 Å². The molecule has 1 aromatic carbocycles. The molecule has 32 heavy (non-hydrogen) atoms. The molecule has 0 bridgehead atoms. The van der Waals surface area contributed by atoms with Crippen molar-refractivity contribution in [3.8, 4) is 5.75 Å². The molecule has 178 valence electrons. The van der Waals surface area contributed by atoms with E-state index in [-0.39, 0.29) is 48.6 Å². The van der Waals surface area contributed by atoms with Crippen molar-refractivity contribution < 1.29 is 19.1 Å². The third-order valence-corrected chi connectivity index (χ3v) is 5.29. The Hall–Kier alpha value is -2.24. The molecule has 1 aromatic rings. The maximum absolute atomic E-state index is 11.7. The second-order valence-corrected chi connectivity index (χ2v) is 7.90. The van der Waals surface area contributed by atoms with Crippen LogP contribution in [0, 0.1) is 0 Å². The largest absolute Gasteiger partial charge is 0.484 e. The maximum atomic E-state index is 11.7. The van der Waals surface area contributed by atoms with Gasteiger partial charge in [0.15, 0.2) is 12.6 Å². The Morgan fingerprint density at radius 2 is 1.75 bits per heavy atom. The van der Waals surface area contributed by atoms with E-state index in [1.165, 1.54) is 0 Å². The van der Waals surface area contributed by atoms with E-state index in [1.54, 1.807) is 4.90 Å². The third kappa shape index (κ3) is 9.09. The highest BCUT2D eigenvalue weighted by Gasteiger charge is 2.24. The molecule has 1 saturated heterocycles. The highest BCUT2D eigenvalue weighted by Crippen LogP contribution is 2.18. The van der Waals surface area contributed by atoms with E-state index in [9.17, 15) is 9.59 Å². The highest BCUT2D eigenvalue weighted by atomic mass is 127. The fourth-order valence-electron chi connectivity index (χ4n) is 3.38. The van der Waals surface area contributed by atoms with Crippen LogP contribution in [0.1, 0.15) is 38.2 Å². The third-order valence-electron chi connectivity index (χ3n) is 5.29. The molecule has 4 N–H and O–H groups in total. The summed E-state index contributed by atoms with van der Waals surface area (Å²) < 4.78 is 10.5. The van der Waals surface area contributed by atoms with Crippen LogP contribution in [-0.4, -0.2) is 67.8 Å². The second-order valence-electron chi connectivity index (χ2n) is 7.90. The zero-order valence-electron chi connectivity index (χ0n) is 18.5. The molecule has 2 amide bonds. The predicted octanol–water partition coefficient (Wildman–Crippen LogP) is 2.03. The molecule has 0 spiro atoms. The van der Waals surface area contributed by atoms with Gasteiger partial charge in [-0.15, -0.1) is 24.0 Å². The lowest BCUT2D eigenvalue weighted by Crippen LogP contribution is -2.48. The molecule has 2 fully saturated rings. The van der Waals surface area contributed by atoms with Crippen LogP contribution in [-0.2, 0) is 16.0 Å². The van der Waals surface area contributed by atoms with Crippen LogP contribution in [0.3, 0.4) is 0 Å². The van der Waals surface area contributed by atoms with E-state index in [2.05, 4.69) is 15.6 Å². The number of amides is 2. The van der Waals surface area contributed by atoms with Crippen LogP contribution in [0.15, 0.2) is 29.3 Å². The van der Waals surface area contributed by atoms with Gasteiger partial charge in [-0.2, -0.15) is 0 Å². The summed E-state index contributed by atoms with van der Waals surface area (Å²) in [4.78, 5) is 29.5. The second kappa shape index (κ2) is 13.3. The fourth-order valence-corrected chi connectivity index (χ4v) is 3.38. The minimum absolute atomic E-state index is 0. The van der Waals surface area contributed by atoms with Gasteiger partial charge in [0.05, 0.1) is 6.61 Å². The number of halogens is 1. The van der Waals surface area contributed by atoms with Gasteiger partial charge in [0.25, 0.3) is 5.91 Å². The summed E-state index contributed by atoms with van der Waals surface area (Å²) in [5, 5.41) is 6.14. The molecule has 9 nitrogen and oxygen atoms in total. The average molecular weight is 559 g/mol. The SMILES string of the molecule is CCOC(=O)N1CCC(NC(N)=NCCc2ccc(OCC(=O)NC3CC3)cc2)CC1.I. The first-order chi connectivity index (χ1) is 15.0. The zero-order valence-corrected chi connectivity index (χ0v) is 20.9. The number of aliphatic imine (C=N–C) groups is 1. The van der Waals surface area contributed by atoms with Gasteiger partial charge < -0.3 is 30.7 Å². The van der Waals surface area contributed by atoms with Crippen molar-refractivity contribution in [1.82, 2.24) is 15.5 Å². The molecule has 0 radical (unpaired) electrons. The Bertz CT molecular complexity index is 762. The first-order valence-corrected chi connectivity index (χ1v) is 11.0. The summed E-state index contributed by atoms with van der Waals surface area (Å²) >= 11 is 0. The molecule has 3 rings (SSSR count). The lowest BCUT2D eigenvalue weighted by Gasteiger charge is -2.31. The normalized spacial score (nSPS) is 16.7. The van der Waals surface area contributed by atoms with Gasteiger partial charge in [-0.3, -0.25) is 9.79 Å². The summed E-state index contributed by atoms with van der Waals surface area (Å²) in [6.45, 7) is 4.12. The predicted molar refractivity (Wildman–Crippen MR) is 133 cm³/mol. The standard InChI is InChI=1S/C22H33N5O4.HI/c1-2-30-22(29)27-13-10-18(11-14-27)26-21(23)24-12-9-16-3-7-19(8-4-16)31-15-20(28)25-17-5-6-17;/h3-4,7-8,17-18H,2,5-6,9-15H2,1H3,(H,25,28)(H3,23,24,26);1H. The van der Waals surface area contributed by atoms with Gasteiger partial charge in [-0.1, -0.05) is 12.1 Å². The van der Waals surface area contributed by atoms with E-state index in [0.717, 1.165) is 37.7 Å². The van der Waals surface area contributed by atoms with Gasteiger partial charge in [0.2, 0.25) is 0 Å². The van der Waals surface area contributed by atoms with Crippen molar-refractivity contribution in [2.24, 2.45) is 10.7 Å². The Kier molecular flexibility index (Phi) is 10.8. The number of benzene rings is 1. The topological polar surface area (TPSA) is 118 Å². The maximum Gasteiger partial charge on any atom is 0.409 e. The van der Waals surface area contributed by atoms with E-state index in [0.29, 0.717) is 44.0 Å². The van der Waals surface area contributed by atoms with Crippen LogP contribution in [0.25, 0.3) is 0 Å². The minimum atomic E-state index is -0.250. The summed E-state index contributed by atoms with van der Waals surface area (Å²) in [7, 11) is 0. The molecular formula is C22H34IN5O4. The van der Waals surface area contributed by atoms with Gasteiger partial charge in [0, 0.05) is 31.7 Å². The van der Waals surface area contributed by atoms with Crippen molar-refractivity contribution in [2.75, 3.05) is 32.8 Å². The van der Waals surface area contributed by atoms with Gasteiger partial charge in [0.1, 0.15) is 5.75 Å². The number of guanidine groups is 1. The number of hydrogen-bond donors (Lipinski definition) is 3. The molecule has 0 unspecified atom stereocenters. The first kappa shape index (κ1) is 26.0. The zero-order chi connectivity index (χ0) is 22.1. The van der Waals surface area contributed by atoms with Crippen molar-refractivity contribution in [3.63, 3.8) is 0 Å². The number of hydrogen-bond acceptors (Lipinski definition) is 5. The quantitative estimate of drug-likeness (QED) is 0.242. The minimum Gasteiger partial charge on any atom is -0.484 e. The van der Waals surface area contributed by atoms with E-state index in [4.69, 9.17) is 15.2 Å². The van der Waals surface area contributed by atoms with Crippen molar-refractivity contribution >= 4 is 41.9 Å². The van der Waals surface area contributed by atoms with Gasteiger partial charge in [-0.05, 0) is 56.7 Å². The van der Waals surface area contributed by atoms with Crippen LogP contribution in [0.4, 0.5) is 4.79 Å². The van der Waals surface area contributed by atoms with Crippen LogP contribution in [0.5, 0.6) is 5.75 Å². The summed E-state index contributed by atoms with van der Waals surface area (Å²) in [6.07, 6.45) is 4.27. The van der Waals surface area contributed by atoms with E-state index >= 15 is 0 Å². The van der Waals surface area contributed by atoms with E-state index < -0.39 is 0 Å². The number of nitrogens with zero attached hydrogens (tertiary/aromatic N) is 2. The van der Waals surface area contributed by atoms with Gasteiger partial charge >= 0.3 is 6.09 Å². The number of likely N-dealkylation sites (tertiary alicyclic amines) is 1. The lowest BCUT2D eigenvalue weighted by atomic mass is 10.1. The summed E-state index contributed by atoms with van der Waals surface area (Å²) in [5.74, 6) is 1.03. The number of nitrogens with one attached hydrogen (secondary N) is 2. The number of nitrogens with two attached hydrogens (primary N) is 1. The number of rotatable bonds is 9. The summed E-state index contributed by atoms with van der Waals surface area (Å²) in [6, 6.07) is 8.22. The summed E-state index contributed by atoms with van der Waals surface area (Å²) in [5.41, 5.74) is 7.14. The number of carbonyl (C=O) groups is 2. The molecule has 0 aromatic heterocycles. The molecule has 1 aliphatic heterocycles. The number of piperidine rings is 1. The fraction of sp³-hybridized carbons (Fsp3) is 0.591. The van der Waals surface area contributed by atoms with Gasteiger partial charge in [-0.25, -0.2) is 4.79 Å². The van der Waals surface area contributed by atoms with Crippen molar-refractivity contribution in [1.29, 1.82) is 0 Å². The Balaban J connectivity index is 0.00000363. The monoisotopic (exact) mass is 559 g/mol. The highest BCUT2D eigenvalue weighted by molar-refractivity contribution is 14.0. The Morgan fingerprint density at radius 3 is 2.38 bits per heavy atom. The Labute approximate surface area is 206 Å². The van der Waals surface area contributed by atoms with Crippen LogP contribution in [0.2, 0.25) is 0 Å². The first-order valence-electron chi connectivity index (χ1n) is 11.0. The van der Waals surface area contributed by atoms with Crippen molar-refractivity contribution in [2.45, 2.75) is 51.1 Å².